The Bertz CT molecular complexity index is 1070. The number of hydrogen-bond donors (Lipinski definition) is 0. The number of hydrogen-bond acceptors (Lipinski definition) is 3. The van der Waals surface area contributed by atoms with Gasteiger partial charge in [-0.15, -0.1) is 0 Å². The highest BCUT2D eigenvalue weighted by atomic mass is 35.5. The average Bonchev–Trinajstić information content (AvgIpc) is 3.07. The SMILES string of the molecule is COc1ccccc1OCCn1c(-c2cccc(Cl)c2)nc2ccccc21. The van der Waals surface area contributed by atoms with E-state index in [4.69, 9.17) is 26.1 Å². The van der Waals surface area contributed by atoms with Crippen LogP contribution in [0.3, 0.4) is 0 Å². The number of halogens is 1. The van der Waals surface area contributed by atoms with Crippen molar-refractivity contribution < 1.29 is 9.47 Å². The van der Waals surface area contributed by atoms with E-state index in [1.54, 1.807) is 7.11 Å². The van der Waals surface area contributed by atoms with Crippen LogP contribution in [0.5, 0.6) is 11.5 Å². The predicted octanol–water partition coefficient (Wildman–Crippen LogP) is 5.44. The highest BCUT2D eigenvalue weighted by Gasteiger charge is 2.13. The Morgan fingerprint density at radius 1 is 0.926 bits per heavy atom. The van der Waals surface area contributed by atoms with Gasteiger partial charge in [0, 0.05) is 10.6 Å². The zero-order valence-electron chi connectivity index (χ0n) is 14.9. The van der Waals surface area contributed by atoms with Gasteiger partial charge in [0.25, 0.3) is 0 Å². The molecule has 0 aliphatic heterocycles. The molecule has 136 valence electrons. The lowest BCUT2D eigenvalue weighted by atomic mass is 10.2. The highest BCUT2D eigenvalue weighted by molar-refractivity contribution is 6.30. The molecule has 0 saturated carbocycles. The fourth-order valence-electron chi connectivity index (χ4n) is 3.13. The Balaban J connectivity index is 1.65. The number of benzene rings is 3. The van der Waals surface area contributed by atoms with Crippen molar-refractivity contribution in [1.29, 1.82) is 0 Å². The summed E-state index contributed by atoms with van der Waals surface area (Å²) in [4.78, 5) is 4.81. The van der Waals surface area contributed by atoms with E-state index in [2.05, 4.69) is 10.6 Å². The number of aromatic nitrogens is 2. The zero-order chi connectivity index (χ0) is 18.6. The van der Waals surface area contributed by atoms with Crippen molar-refractivity contribution >= 4 is 22.6 Å². The maximum absolute atomic E-state index is 6.19. The van der Waals surface area contributed by atoms with Gasteiger partial charge in [-0.25, -0.2) is 4.98 Å². The lowest BCUT2D eigenvalue weighted by Crippen LogP contribution is -2.10. The lowest BCUT2D eigenvalue weighted by molar-refractivity contribution is 0.281. The first-order valence-corrected chi connectivity index (χ1v) is 9.11. The molecule has 4 rings (SSSR count). The number of ether oxygens (including phenoxy) is 2. The second kappa shape index (κ2) is 7.72. The largest absolute Gasteiger partial charge is 0.493 e. The van der Waals surface area contributed by atoms with Gasteiger partial charge < -0.3 is 14.0 Å². The molecule has 0 amide bonds. The van der Waals surface area contributed by atoms with Crippen LogP contribution in [0.4, 0.5) is 0 Å². The highest BCUT2D eigenvalue weighted by Crippen LogP contribution is 2.28. The van der Waals surface area contributed by atoms with Crippen LogP contribution in [0.1, 0.15) is 0 Å². The number of methoxy groups -OCH3 is 1. The third-order valence-electron chi connectivity index (χ3n) is 4.38. The van der Waals surface area contributed by atoms with Crippen LogP contribution in [0.2, 0.25) is 5.02 Å². The van der Waals surface area contributed by atoms with Crippen LogP contribution < -0.4 is 9.47 Å². The maximum atomic E-state index is 6.19. The molecule has 0 spiro atoms. The van der Waals surface area contributed by atoms with Gasteiger partial charge in [-0.05, 0) is 36.4 Å². The molecule has 0 N–H and O–H groups in total. The first-order valence-electron chi connectivity index (χ1n) is 8.73. The predicted molar refractivity (Wildman–Crippen MR) is 109 cm³/mol. The molecule has 0 aliphatic rings. The molecule has 4 nitrogen and oxygen atoms in total. The molecule has 4 aromatic rings. The maximum Gasteiger partial charge on any atom is 0.161 e. The normalized spacial score (nSPS) is 10.9. The number of para-hydroxylation sites is 4. The lowest BCUT2D eigenvalue weighted by Gasteiger charge is -2.13. The van der Waals surface area contributed by atoms with Crippen LogP contribution in [0.15, 0.2) is 72.8 Å². The minimum Gasteiger partial charge on any atom is -0.493 e. The molecule has 0 aliphatic carbocycles. The van der Waals surface area contributed by atoms with Gasteiger partial charge in [-0.3, -0.25) is 0 Å². The summed E-state index contributed by atoms with van der Waals surface area (Å²) in [6.07, 6.45) is 0. The Labute approximate surface area is 162 Å². The van der Waals surface area contributed by atoms with E-state index in [1.807, 2.05) is 66.7 Å². The molecule has 0 radical (unpaired) electrons. The molecule has 0 bridgehead atoms. The number of nitrogens with zero attached hydrogens (tertiary/aromatic N) is 2. The molecule has 1 heterocycles. The van der Waals surface area contributed by atoms with Gasteiger partial charge in [-0.1, -0.05) is 48.0 Å². The quantitative estimate of drug-likeness (QED) is 0.448. The topological polar surface area (TPSA) is 36.3 Å². The van der Waals surface area contributed by atoms with Crippen molar-refractivity contribution in [1.82, 2.24) is 9.55 Å². The van der Waals surface area contributed by atoms with Crippen LogP contribution in [0, 0.1) is 0 Å². The van der Waals surface area contributed by atoms with Crippen molar-refractivity contribution in [3.05, 3.63) is 77.8 Å². The summed E-state index contributed by atoms with van der Waals surface area (Å²) < 4.78 is 13.5. The molecule has 0 saturated heterocycles. The third-order valence-corrected chi connectivity index (χ3v) is 4.61. The van der Waals surface area contributed by atoms with Gasteiger partial charge in [-0.2, -0.15) is 0 Å². The van der Waals surface area contributed by atoms with Crippen molar-refractivity contribution in [2.45, 2.75) is 6.54 Å². The van der Waals surface area contributed by atoms with Gasteiger partial charge in [0.2, 0.25) is 0 Å². The molecule has 0 unspecified atom stereocenters. The fourth-order valence-corrected chi connectivity index (χ4v) is 3.33. The summed E-state index contributed by atoms with van der Waals surface area (Å²) in [5.41, 5.74) is 3.00. The third kappa shape index (κ3) is 3.62. The van der Waals surface area contributed by atoms with Gasteiger partial charge >= 0.3 is 0 Å². The summed E-state index contributed by atoms with van der Waals surface area (Å²) in [6.45, 7) is 1.15. The number of rotatable bonds is 6. The van der Waals surface area contributed by atoms with Crippen LogP contribution >= 0.6 is 11.6 Å². The molecule has 3 aromatic carbocycles. The van der Waals surface area contributed by atoms with Crippen molar-refractivity contribution in [2.24, 2.45) is 0 Å². The monoisotopic (exact) mass is 378 g/mol. The van der Waals surface area contributed by atoms with Crippen LogP contribution in [0.25, 0.3) is 22.4 Å². The molecule has 5 heteroatoms. The molecule has 0 fully saturated rings. The van der Waals surface area contributed by atoms with Crippen molar-refractivity contribution in [2.75, 3.05) is 13.7 Å². The minimum absolute atomic E-state index is 0.494. The summed E-state index contributed by atoms with van der Waals surface area (Å²) in [5, 5.41) is 0.691. The van der Waals surface area contributed by atoms with E-state index in [0.29, 0.717) is 18.2 Å². The van der Waals surface area contributed by atoms with E-state index in [9.17, 15) is 0 Å². The Hall–Kier alpha value is -2.98. The first kappa shape index (κ1) is 17.4. The molecule has 27 heavy (non-hydrogen) atoms. The molecule has 0 atom stereocenters. The fraction of sp³-hybridized carbons (Fsp3) is 0.136. The number of imidazole rings is 1. The molecular formula is C22H19ClN2O2. The summed E-state index contributed by atoms with van der Waals surface area (Å²) in [7, 11) is 1.64. The Morgan fingerprint density at radius 2 is 1.70 bits per heavy atom. The Morgan fingerprint density at radius 3 is 2.52 bits per heavy atom. The molecule has 1 aromatic heterocycles. The van der Waals surface area contributed by atoms with E-state index < -0.39 is 0 Å². The van der Waals surface area contributed by atoms with E-state index in [0.717, 1.165) is 33.9 Å². The van der Waals surface area contributed by atoms with Gasteiger partial charge in [0.05, 0.1) is 24.7 Å². The van der Waals surface area contributed by atoms with Crippen LogP contribution in [-0.4, -0.2) is 23.3 Å². The minimum atomic E-state index is 0.494. The Kier molecular flexibility index (Phi) is 4.99. The summed E-state index contributed by atoms with van der Waals surface area (Å²) in [5.74, 6) is 2.33. The van der Waals surface area contributed by atoms with E-state index in [-0.39, 0.29) is 0 Å². The second-order valence-corrected chi connectivity index (χ2v) is 6.52. The van der Waals surface area contributed by atoms with Gasteiger partial charge in [0.15, 0.2) is 11.5 Å². The van der Waals surface area contributed by atoms with Crippen LogP contribution in [-0.2, 0) is 6.54 Å². The van der Waals surface area contributed by atoms with Crippen molar-refractivity contribution in [3.8, 4) is 22.9 Å². The zero-order valence-corrected chi connectivity index (χ0v) is 15.7. The van der Waals surface area contributed by atoms with Gasteiger partial charge in [0.1, 0.15) is 12.4 Å². The first-order chi connectivity index (χ1) is 13.3. The standard InChI is InChI=1S/C22H19ClN2O2/c1-26-20-11-4-5-12-21(20)27-14-13-25-19-10-3-2-9-18(19)24-22(25)16-7-6-8-17(23)15-16/h2-12,15H,13-14H2,1H3. The van der Waals surface area contributed by atoms with Crippen molar-refractivity contribution in [3.63, 3.8) is 0 Å². The number of fused-ring (bicyclic) bond motifs is 1. The van der Waals surface area contributed by atoms with E-state index >= 15 is 0 Å². The average molecular weight is 379 g/mol. The second-order valence-electron chi connectivity index (χ2n) is 6.09. The molecular weight excluding hydrogens is 360 g/mol. The van der Waals surface area contributed by atoms with E-state index in [1.165, 1.54) is 0 Å². The summed E-state index contributed by atoms with van der Waals surface area (Å²) in [6, 6.07) is 23.5. The summed E-state index contributed by atoms with van der Waals surface area (Å²) >= 11 is 6.19. The smallest absolute Gasteiger partial charge is 0.161 e.